The van der Waals surface area contributed by atoms with Crippen molar-refractivity contribution in [1.82, 2.24) is 19.9 Å². The van der Waals surface area contributed by atoms with Gasteiger partial charge in [-0.1, -0.05) is 6.07 Å². The summed E-state index contributed by atoms with van der Waals surface area (Å²) >= 11 is 0. The van der Waals surface area contributed by atoms with Crippen molar-refractivity contribution in [3.05, 3.63) is 66.5 Å². The highest BCUT2D eigenvalue weighted by molar-refractivity contribution is 5.65. The van der Waals surface area contributed by atoms with Crippen molar-refractivity contribution in [3.63, 3.8) is 0 Å². The van der Waals surface area contributed by atoms with Gasteiger partial charge in [-0.2, -0.15) is 0 Å². The van der Waals surface area contributed by atoms with Crippen LogP contribution in [0.3, 0.4) is 0 Å². The zero-order valence-electron chi connectivity index (χ0n) is 18.1. The molecule has 2 atom stereocenters. The van der Waals surface area contributed by atoms with Crippen LogP contribution in [0.25, 0.3) is 11.3 Å². The van der Waals surface area contributed by atoms with Crippen LogP contribution in [0.15, 0.2) is 54.9 Å². The van der Waals surface area contributed by atoms with E-state index >= 15 is 0 Å². The van der Waals surface area contributed by atoms with Crippen molar-refractivity contribution in [3.8, 4) is 11.3 Å². The number of rotatable bonds is 4. The number of carbonyl (C=O) groups is 1. The van der Waals surface area contributed by atoms with E-state index in [0.717, 1.165) is 42.8 Å². The van der Waals surface area contributed by atoms with E-state index in [4.69, 9.17) is 14.8 Å². The Balaban J connectivity index is 0.000000858. The number of likely N-dealkylation sites (tertiary alicyclic amines) is 1. The summed E-state index contributed by atoms with van der Waals surface area (Å²) < 4.78 is 13.6. The lowest BCUT2D eigenvalue weighted by atomic mass is 9.93. The van der Waals surface area contributed by atoms with Crippen molar-refractivity contribution in [2.24, 2.45) is 0 Å². The van der Waals surface area contributed by atoms with Gasteiger partial charge in [0.25, 0.3) is 0 Å². The van der Waals surface area contributed by atoms with Gasteiger partial charge >= 0.3 is 0 Å². The number of benzene rings is 1. The van der Waals surface area contributed by atoms with E-state index in [1.54, 1.807) is 18.5 Å². The van der Waals surface area contributed by atoms with E-state index < -0.39 is 0 Å². The fourth-order valence-electron chi connectivity index (χ4n) is 3.58. The fraction of sp³-hybridized carbons (Fsp3) is 0.333. The normalized spacial score (nSPS) is 18.6. The molecular weight excluding hydrogens is 393 g/mol. The molecule has 3 heterocycles. The number of aromatic nitrogens is 3. The maximum absolute atomic E-state index is 13.6. The van der Waals surface area contributed by atoms with E-state index in [1.807, 2.05) is 24.3 Å². The molecule has 6 nitrogen and oxygen atoms in total. The summed E-state index contributed by atoms with van der Waals surface area (Å²) in [5.74, 6) is 1.47. The minimum Gasteiger partial charge on any atom is -0.340 e. The lowest BCUT2D eigenvalue weighted by Crippen LogP contribution is -2.38. The van der Waals surface area contributed by atoms with Crippen molar-refractivity contribution in [2.75, 3.05) is 18.9 Å². The van der Waals surface area contributed by atoms with Crippen LogP contribution in [0.1, 0.15) is 38.4 Å². The minimum absolute atomic E-state index is 0.269. The van der Waals surface area contributed by atoms with Crippen LogP contribution in [0.4, 0.5) is 15.9 Å². The number of hydrogen-bond donors (Lipinski definition) is 1. The first-order valence-electron chi connectivity index (χ1n) is 10.4. The first-order valence-corrected chi connectivity index (χ1v) is 10.4. The number of likely N-dealkylation sites (N-methyl/N-ethyl adjacent to an activating group) is 1. The quantitative estimate of drug-likeness (QED) is 0.609. The topological polar surface area (TPSA) is 71.0 Å². The van der Waals surface area contributed by atoms with Gasteiger partial charge in [-0.3, -0.25) is 4.98 Å². The molecule has 1 saturated heterocycles. The van der Waals surface area contributed by atoms with Gasteiger partial charge in [0.05, 0.1) is 5.69 Å². The van der Waals surface area contributed by atoms with E-state index in [1.165, 1.54) is 19.1 Å². The Bertz CT molecular complexity index is 998. The average Bonchev–Trinajstić information content (AvgIpc) is 2.77. The van der Waals surface area contributed by atoms with Crippen LogP contribution in [-0.2, 0) is 4.79 Å². The highest BCUT2D eigenvalue weighted by atomic mass is 19.1. The van der Waals surface area contributed by atoms with Crippen molar-refractivity contribution in [2.45, 2.75) is 38.6 Å². The molecule has 0 bridgehead atoms. The molecule has 2 unspecified atom stereocenters. The molecule has 1 N–H and O–H groups in total. The van der Waals surface area contributed by atoms with E-state index in [0.29, 0.717) is 17.5 Å². The molecule has 31 heavy (non-hydrogen) atoms. The Labute approximate surface area is 182 Å². The van der Waals surface area contributed by atoms with Gasteiger partial charge in [0.15, 0.2) is 0 Å². The number of piperidine rings is 1. The molecule has 0 radical (unpaired) electrons. The number of aldehydes is 1. The van der Waals surface area contributed by atoms with E-state index in [-0.39, 0.29) is 11.7 Å². The summed E-state index contributed by atoms with van der Waals surface area (Å²) in [6.07, 6.45) is 6.47. The van der Waals surface area contributed by atoms with Gasteiger partial charge in [-0.05, 0) is 64.1 Å². The molecule has 1 aromatic carbocycles. The van der Waals surface area contributed by atoms with Gasteiger partial charge in [0.1, 0.15) is 23.7 Å². The van der Waals surface area contributed by atoms with Gasteiger partial charge in [0.2, 0.25) is 0 Å². The SMILES string of the molecule is CC1CCC(c2nc(Nc3cccc(F)c3)cc(-c3cccnc3)n2)CN1C.CC=O. The zero-order valence-corrected chi connectivity index (χ0v) is 18.1. The predicted octanol–water partition coefficient (Wildman–Crippen LogP) is 4.82. The molecule has 162 valence electrons. The summed E-state index contributed by atoms with van der Waals surface area (Å²) in [4.78, 5) is 25.0. The third-order valence-corrected chi connectivity index (χ3v) is 5.36. The Morgan fingerprint density at radius 2 is 1.97 bits per heavy atom. The second kappa shape index (κ2) is 10.7. The first-order chi connectivity index (χ1) is 15.0. The van der Waals surface area contributed by atoms with E-state index in [2.05, 4.69) is 29.2 Å². The van der Waals surface area contributed by atoms with Crippen LogP contribution in [0, 0.1) is 5.82 Å². The standard InChI is InChI=1S/C22H24FN5.C2H4O/c1-15-8-9-17(14-28(15)2)22-26-20(16-5-4-10-24-13-16)12-21(27-22)25-19-7-3-6-18(23)11-19;1-2-3/h3-7,10-13,15,17H,8-9,14H2,1-2H3,(H,25,26,27);2H,1H3. The Morgan fingerprint density at radius 1 is 1.16 bits per heavy atom. The van der Waals surface area contributed by atoms with Crippen LogP contribution >= 0.6 is 0 Å². The summed E-state index contributed by atoms with van der Waals surface area (Å²) in [7, 11) is 2.15. The monoisotopic (exact) mass is 421 g/mol. The molecule has 3 aromatic rings. The Kier molecular flexibility index (Phi) is 7.78. The Hall–Kier alpha value is -3.19. The molecule has 0 saturated carbocycles. The fourth-order valence-corrected chi connectivity index (χ4v) is 3.58. The third-order valence-electron chi connectivity index (χ3n) is 5.36. The van der Waals surface area contributed by atoms with Crippen molar-refractivity contribution in [1.29, 1.82) is 0 Å². The maximum Gasteiger partial charge on any atom is 0.135 e. The number of halogens is 1. The number of pyridine rings is 1. The molecule has 2 aromatic heterocycles. The lowest BCUT2D eigenvalue weighted by Gasteiger charge is -2.34. The number of hydrogen-bond acceptors (Lipinski definition) is 6. The van der Waals surface area contributed by atoms with Crippen molar-refractivity contribution >= 4 is 17.8 Å². The molecule has 1 fully saturated rings. The van der Waals surface area contributed by atoms with Crippen LogP contribution in [-0.4, -0.2) is 45.8 Å². The molecule has 4 rings (SSSR count). The number of carbonyl (C=O) groups excluding carboxylic acids is 1. The lowest BCUT2D eigenvalue weighted by molar-refractivity contribution is -0.106. The molecule has 0 amide bonds. The van der Waals surface area contributed by atoms with Gasteiger partial charge in [0, 0.05) is 48.2 Å². The highest BCUT2D eigenvalue weighted by Gasteiger charge is 2.26. The van der Waals surface area contributed by atoms with Crippen LogP contribution in [0.5, 0.6) is 0 Å². The van der Waals surface area contributed by atoms with Crippen LogP contribution < -0.4 is 5.32 Å². The minimum atomic E-state index is -0.283. The smallest absolute Gasteiger partial charge is 0.135 e. The summed E-state index contributed by atoms with van der Waals surface area (Å²) in [6.45, 7) is 4.62. The van der Waals surface area contributed by atoms with Crippen molar-refractivity contribution < 1.29 is 9.18 Å². The largest absolute Gasteiger partial charge is 0.340 e. The van der Waals surface area contributed by atoms with Gasteiger partial charge < -0.3 is 15.0 Å². The molecule has 1 aliphatic rings. The second-order valence-corrected chi connectivity index (χ2v) is 7.67. The zero-order chi connectivity index (χ0) is 22.2. The van der Waals surface area contributed by atoms with Gasteiger partial charge in [-0.25, -0.2) is 14.4 Å². The van der Waals surface area contributed by atoms with E-state index in [9.17, 15) is 4.39 Å². The Morgan fingerprint density at radius 3 is 2.65 bits per heavy atom. The number of anilines is 2. The molecule has 0 aliphatic carbocycles. The van der Waals surface area contributed by atoms with Crippen LogP contribution in [0.2, 0.25) is 0 Å². The molecular formula is C24H28FN5O. The average molecular weight is 422 g/mol. The third kappa shape index (κ3) is 6.15. The number of nitrogens with zero attached hydrogens (tertiary/aromatic N) is 4. The molecule has 1 aliphatic heterocycles. The highest BCUT2D eigenvalue weighted by Crippen LogP contribution is 2.30. The molecule has 7 heteroatoms. The first kappa shape index (κ1) is 22.5. The number of nitrogens with one attached hydrogen (secondary N) is 1. The second-order valence-electron chi connectivity index (χ2n) is 7.67. The summed E-state index contributed by atoms with van der Waals surface area (Å²) in [5.41, 5.74) is 2.42. The predicted molar refractivity (Wildman–Crippen MR) is 121 cm³/mol. The molecule has 0 spiro atoms. The summed E-state index contributed by atoms with van der Waals surface area (Å²) in [6, 6.07) is 12.7. The maximum atomic E-state index is 13.6. The summed E-state index contributed by atoms with van der Waals surface area (Å²) in [5, 5.41) is 3.23. The van der Waals surface area contributed by atoms with Gasteiger partial charge in [-0.15, -0.1) is 0 Å².